The van der Waals surface area contributed by atoms with Crippen molar-refractivity contribution in [3.63, 3.8) is 0 Å². The molecule has 5 heteroatoms. The van der Waals surface area contributed by atoms with E-state index in [1.54, 1.807) is 19.2 Å². The van der Waals surface area contributed by atoms with Crippen molar-refractivity contribution < 1.29 is 4.79 Å². The highest BCUT2D eigenvalue weighted by atomic mass is 35.5. The lowest BCUT2D eigenvalue weighted by Crippen LogP contribution is -2.26. The van der Waals surface area contributed by atoms with Gasteiger partial charge >= 0.3 is 0 Å². The number of hydrogen-bond donors (Lipinski definition) is 2. The molecule has 1 aliphatic carbocycles. The molecule has 0 radical (unpaired) electrons. The molecule has 0 aromatic carbocycles. The first-order chi connectivity index (χ1) is 7.60. The van der Waals surface area contributed by atoms with Crippen LogP contribution in [0.15, 0.2) is 12.1 Å². The number of anilines is 1. The monoisotopic (exact) mass is 239 g/mol. The predicted octanol–water partition coefficient (Wildman–Crippen LogP) is 1.91. The van der Waals surface area contributed by atoms with E-state index < -0.39 is 0 Å². The minimum atomic E-state index is -0.0878. The van der Waals surface area contributed by atoms with Gasteiger partial charge in [0.2, 0.25) is 0 Å². The Morgan fingerprint density at radius 3 is 2.81 bits per heavy atom. The summed E-state index contributed by atoms with van der Waals surface area (Å²) in [5, 5.41) is 6.13. The molecule has 0 bridgehead atoms. The van der Waals surface area contributed by atoms with Gasteiger partial charge in [-0.25, -0.2) is 4.98 Å². The summed E-state index contributed by atoms with van der Waals surface area (Å²) in [6.07, 6.45) is 1.06. The zero-order valence-corrected chi connectivity index (χ0v) is 10.0. The van der Waals surface area contributed by atoms with Crippen LogP contribution in [0.5, 0.6) is 0 Å². The highest BCUT2D eigenvalue weighted by Gasteiger charge is 2.34. The van der Waals surface area contributed by atoms with E-state index in [0.717, 1.165) is 6.42 Å². The van der Waals surface area contributed by atoms with Gasteiger partial charge in [0.05, 0.1) is 0 Å². The molecule has 2 unspecified atom stereocenters. The van der Waals surface area contributed by atoms with E-state index in [1.165, 1.54) is 0 Å². The average Bonchev–Trinajstić information content (AvgIpc) is 2.93. The zero-order chi connectivity index (χ0) is 11.7. The summed E-state index contributed by atoms with van der Waals surface area (Å²) < 4.78 is 0. The van der Waals surface area contributed by atoms with Crippen LogP contribution in [0, 0.1) is 5.92 Å². The third kappa shape index (κ3) is 2.44. The molecule has 2 atom stereocenters. The summed E-state index contributed by atoms with van der Waals surface area (Å²) in [5.74, 6) is 1.10. The van der Waals surface area contributed by atoms with Crippen LogP contribution in [-0.2, 0) is 0 Å². The molecule has 0 spiro atoms. The van der Waals surface area contributed by atoms with Crippen LogP contribution in [0.3, 0.4) is 0 Å². The van der Waals surface area contributed by atoms with Crippen molar-refractivity contribution in [1.29, 1.82) is 0 Å². The third-order valence-corrected chi connectivity index (χ3v) is 2.93. The normalized spacial score (nSPS) is 22.7. The maximum Gasteiger partial charge on any atom is 0.251 e. The van der Waals surface area contributed by atoms with Gasteiger partial charge in [-0.3, -0.25) is 4.79 Å². The lowest BCUT2D eigenvalue weighted by Gasteiger charge is -2.06. The number of amides is 1. The second-order valence-corrected chi connectivity index (χ2v) is 4.49. The van der Waals surface area contributed by atoms with Gasteiger partial charge in [-0.1, -0.05) is 18.5 Å². The Labute approximate surface area is 99.4 Å². The topological polar surface area (TPSA) is 54.0 Å². The number of nitrogens with zero attached hydrogens (tertiary/aromatic N) is 1. The minimum absolute atomic E-state index is 0.0878. The largest absolute Gasteiger partial charge is 0.373 e. The fraction of sp³-hybridized carbons (Fsp3) is 0.455. The first-order valence-corrected chi connectivity index (χ1v) is 5.64. The second-order valence-electron chi connectivity index (χ2n) is 4.11. The van der Waals surface area contributed by atoms with Crippen LogP contribution >= 0.6 is 11.6 Å². The molecular formula is C11H14ClN3O. The Morgan fingerprint density at radius 1 is 1.56 bits per heavy atom. The summed E-state index contributed by atoms with van der Waals surface area (Å²) in [6, 6.07) is 3.58. The van der Waals surface area contributed by atoms with Crippen molar-refractivity contribution in [2.24, 2.45) is 5.92 Å². The van der Waals surface area contributed by atoms with Crippen molar-refractivity contribution in [3.8, 4) is 0 Å². The summed E-state index contributed by atoms with van der Waals surface area (Å²) >= 11 is 5.82. The van der Waals surface area contributed by atoms with Crippen LogP contribution in [0.25, 0.3) is 0 Å². The standard InChI is InChI=1S/C11H14ClN3O/c1-6-3-8(6)14-11(16)7-4-9(12)15-10(5-7)13-2/h4-6,8H,3H2,1-2H3,(H,13,15)(H,14,16). The average molecular weight is 240 g/mol. The molecule has 1 saturated carbocycles. The predicted molar refractivity (Wildman–Crippen MR) is 63.8 cm³/mol. The lowest BCUT2D eigenvalue weighted by molar-refractivity contribution is 0.0949. The first-order valence-electron chi connectivity index (χ1n) is 5.26. The number of rotatable bonds is 3. The van der Waals surface area contributed by atoms with Gasteiger partial charge in [0.1, 0.15) is 11.0 Å². The number of carbonyl (C=O) groups excluding carboxylic acids is 1. The van der Waals surface area contributed by atoms with Gasteiger partial charge in [0.25, 0.3) is 5.91 Å². The van der Waals surface area contributed by atoms with E-state index in [2.05, 4.69) is 22.5 Å². The fourth-order valence-electron chi connectivity index (χ4n) is 1.53. The summed E-state index contributed by atoms with van der Waals surface area (Å²) in [5.41, 5.74) is 0.545. The third-order valence-electron chi connectivity index (χ3n) is 2.74. The Kier molecular flexibility index (Phi) is 3.01. The molecule has 1 aliphatic rings. The second kappa shape index (κ2) is 4.29. The molecule has 1 aromatic rings. The molecule has 1 amide bonds. The van der Waals surface area contributed by atoms with Crippen LogP contribution in [0.2, 0.25) is 5.15 Å². The van der Waals surface area contributed by atoms with E-state index in [9.17, 15) is 4.79 Å². The first kappa shape index (κ1) is 11.2. The van der Waals surface area contributed by atoms with Crippen molar-refractivity contribution in [2.75, 3.05) is 12.4 Å². The number of halogens is 1. The van der Waals surface area contributed by atoms with Crippen LogP contribution in [-0.4, -0.2) is 24.0 Å². The Balaban J connectivity index is 2.12. The highest BCUT2D eigenvalue weighted by Crippen LogP contribution is 2.29. The number of pyridine rings is 1. The Morgan fingerprint density at radius 2 is 2.25 bits per heavy atom. The van der Waals surface area contributed by atoms with Crippen LogP contribution in [0.4, 0.5) is 5.82 Å². The van der Waals surface area contributed by atoms with E-state index in [4.69, 9.17) is 11.6 Å². The van der Waals surface area contributed by atoms with E-state index in [0.29, 0.717) is 28.5 Å². The minimum Gasteiger partial charge on any atom is -0.373 e. The zero-order valence-electron chi connectivity index (χ0n) is 9.25. The molecule has 0 aliphatic heterocycles. The molecule has 16 heavy (non-hydrogen) atoms. The molecule has 2 N–H and O–H groups in total. The molecular weight excluding hydrogens is 226 g/mol. The quantitative estimate of drug-likeness (QED) is 0.793. The van der Waals surface area contributed by atoms with Gasteiger partial charge < -0.3 is 10.6 Å². The maximum absolute atomic E-state index is 11.8. The molecule has 1 fully saturated rings. The van der Waals surface area contributed by atoms with Gasteiger partial charge in [0, 0.05) is 18.7 Å². The van der Waals surface area contributed by atoms with Gasteiger partial charge in [-0.15, -0.1) is 0 Å². The van der Waals surface area contributed by atoms with Crippen molar-refractivity contribution in [3.05, 3.63) is 22.8 Å². The molecule has 2 rings (SSSR count). The lowest BCUT2D eigenvalue weighted by atomic mass is 10.2. The summed E-state index contributed by atoms with van der Waals surface area (Å²) in [7, 11) is 1.74. The smallest absolute Gasteiger partial charge is 0.251 e. The summed E-state index contributed by atoms with van der Waals surface area (Å²) in [6.45, 7) is 2.11. The fourth-order valence-corrected chi connectivity index (χ4v) is 1.74. The number of carbonyl (C=O) groups is 1. The van der Waals surface area contributed by atoms with E-state index in [1.807, 2.05) is 0 Å². The van der Waals surface area contributed by atoms with Gasteiger partial charge in [0.15, 0.2) is 0 Å². The molecule has 1 heterocycles. The van der Waals surface area contributed by atoms with E-state index >= 15 is 0 Å². The van der Waals surface area contributed by atoms with Crippen LogP contribution in [0.1, 0.15) is 23.7 Å². The molecule has 4 nitrogen and oxygen atoms in total. The van der Waals surface area contributed by atoms with Gasteiger partial charge in [-0.2, -0.15) is 0 Å². The summed E-state index contributed by atoms with van der Waals surface area (Å²) in [4.78, 5) is 15.9. The van der Waals surface area contributed by atoms with Crippen LogP contribution < -0.4 is 10.6 Å². The van der Waals surface area contributed by atoms with Crippen molar-refractivity contribution in [1.82, 2.24) is 10.3 Å². The number of hydrogen-bond acceptors (Lipinski definition) is 3. The van der Waals surface area contributed by atoms with Crippen molar-refractivity contribution in [2.45, 2.75) is 19.4 Å². The maximum atomic E-state index is 11.8. The van der Waals surface area contributed by atoms with Gasteiger partial charge in [-0.05, 0) is 24.5 Å². The Hall–Kier alpha value is -1.29. The molecule has 86 valence electrons. The number of aromatic nitrogens is 1. The van der Waals surface area contributed by atoms with Crippen molar-refractivity contribution >= 4 is 23.3 Å². The highest BCUT2D eigenvalue weighted by molar-refractivity contribution is 6.29. The van der Waals surface area contributed by atoms with E-state index in [-0.39, 0.29) is 5.91 Å². The number of nitrogens with one attached hydrogen (secondary N) is 2. The SMILES string of the molecule is CNc1cc(C(=O)NC2CC2C)cc(Cl)n1. The molecule has 1 aromatic heterocycles. The Bertz CT molecular complexity index is 422. The molecule has 0 saturated heterocycles.